The third-order valence-corrected chi connectivity index (χ3v) is 0. The molecule has 0 unspecified atom stereocenters. The molecule has 0 aromatic rings. The minimum atomic E-state index is -5.17. The standard InChI is InChI=1S/Fe.Li.H2O4S/c;;1-5(2,3)4/h;;(H2,1,2,3,4)/q+2;+1;/p-2. The molecule has 0 amide bonds. The third kappa shape index (κ3) is 178. The minimum Gasteiger partial charge on any atom is -0.759 e. The van der Waals surface area contributed by atoms with Gasteiger partial charge in [0, 0.05) is 10.4 Å². The van der Waals surface area contributed by atoms with Gasteiger partial charge in [0.2, 0.25) is 0 Å². The molecule has 0 heterocycles. The van der Waals surface area contributed by atoms with Crippen molar-refractivity contribution in [3.8, 4) is 0 Å². The minimum absolute atomic E-state index is 0. The molecule has 0 saturated heterocycles. The van der Waals surface area contributed by atoms with Gasteiger partial charge in [-0.05, 0) is 0 Å². The van der Waals surface area contributed by atoms with Crippen molar-refractivity contribution in [3.63, 3.8) is 0 Å². The Hall–Kier alpha value is 0.987. The Bertz CT molecular complexity index is 94.9. The molecule has 0 aliphatic carbocycles. The van der Waals surface area contributed by atoms with Crippen LogP contribution in [0, 0.1) is 0 Å². The van der Waals surface area contributed by atoms with Crippen molar-refractivity contribution in [1.82, 2.24) is 0 Å². The first-order valence-corrected chi connectivity index (χ1v) is 2.00. The van der Waals surface area contributed by atoms with E-state index in [4.69, 9.17) is 17.5 Å². The molecule has 38 valence electrons. The monoisotopic (exact) mass is 159 g/mol. The van der Waals surface area contributed by atoms with Crippen LogP contribution in [0.15, 0.2) is 0 Å². The van der Waals surface area contributed by atoms with Crippen LogP contribution in [0.2, 0.25) is 0 Å². The fourth-order valence-corrected chi connectivity index (χ4v) is 0. The van der Waals surface area contributed by atoms with E-state index >= 15 is 0 Å². The number of rotatable bonds is 0. The number of hydrogen-bond donors (Lipinski definition) is 0. The first-order valence-electron chi connectivity index (χ1n) is 0.667. The molecule has 0 bridgehead atoms. The fraction of sp³-hybridized carbons (Fsp3) is 0. The van der Waals surface area contributed by atoms with Crippen LogP contribution in [0.5, 0.6) is 0 Å². The van der Waals surface area contributed by atoms with Crippen molar-refractivity contribution < 1.29 is 53.5 Å². The Morgan fingerprint density at radius 1 is 1.14 bits per heavy atom. The molecule has 4 nitrogen and oxygen atoms in total. The predicted molar refractivity (Wildman–Crippen MR) is 10.5 cm³/mol. The van der Waals surface area contributed by atoms with Gasteiger partial charge in [-0.1, -0.05) is 0 Å². The Morgan fingerprint density at radius 2 is 1.14 bits per heavy atom. The molecule has 0 spiro atoms. The average Bonchev–Trinajstić information content (AvgIpc) is 0.722. The normalized spacial score (nSPS) is 8.29. The zero-order valence-corrected chi connectivity index (χ0v) is 5.32. The molecule has 0 radical (unpaired) electrons. The van der Waals surface area contributed by atoms with E-state index in [0.717, 1.165) is 0 Å². The second-order valence-corrected chi connectivity index (χ2v) is 1.22. The second-order valence-electron chi connectivity index (χ2n) is 0.408. The second kappa shape index (κ2) is 5.13. The van der Waals surface area contributed by atoms with Crippen molar-refractivity contribution in [3.05, 3.63) is 0 Å². The Balaban J connectivity index is -0.0000000800. The topological polar surface area (TPSA) is 80.3 Å². The van der Waals surface area contributed by atoms with Gasteiger partial charge >= 0.3 is 35.9 Å². The van der Waals surface area contributed by atoms with E-state index in [1.165, 1.54) is 0 Å². The van der Waals surface area contributed by atoms with Gasteiger partial charge in [0.15, 0.2) is 0 Å². The van der Waals surface area contributed by atoms with Gasteiger partial charge in [0.05, 0.1) is 0 Å². The summed E-state index contributed by atoms with van der Waals surface area (Å²) in [7, 11) is -5.17. The summed E-state index contributed by atoms with van der Waals surface area (Å²) in [5.74, 6) is 0. The van der Waals surface area contributed by atoms with Crippen LogP contribution < -0.4 is 18.9 Å². The summed E-state index contributed by atoms with van der Waals surface area (Å²) < 4.78 is 34.1. The molecule has 0 N–H and O–H groups in total. The van der Waals surface area contributed by atoms with Crippen molar-refractivity contribution in [2.75, 3.05) is 0 Å². The van der Waals surface area contributed by atoms with E-state index in [1.807, 2.05) is 0 Å². The van der Waals surface area contributed by atoms with E-state index < -0.39 is 10.4 Å². The maximum Gasteiger partial charge on any atom is 2.00 e. The molecular weight excluding hydrogens is 159 g/mol. The maximum absolute atomic E-state index is 8.52. The quantitative estimate of drug-likeness (QED) is 0.203. The number of hydrogen-bond acceptors (Lipinski definition) is 4. The van der Waals surface area contributed by atoms with Crippen molar-refractivity contribution in [2.45, 2.75) is 0 Å². The fourth-order valence-electron chi connectivity index (χ4n) is 0. The summed E-state index contributed by atoms with van der Waals surface area (Å²) in [5.41, 5.74) is 0. The summed E-state index contributed by atoms with van der Waals surface area (Å²) in [6.45, 7) is 0. The van der Waals surface area contributed by atoms with Crippen LogP contribution in [-0.2, 0) is 27.5 Å². The van der Waals surface area contributed by atoms with Crippen LogP contribution in [0.4, 0.5) is 0 Å². The van der Waals surface area contributed by atoms with Crippen LogP contribution in [-0.4, -0.2) is 17.5 Å². The van der Waals surface area contributed by atoms with Gasteiger partial charge in [-0.2, -0.15) is 0 Å². The first-order chi connectivity index (χ1) is 2.00. The van der Waals surface area contributed by atoms with Crippen molar-refractivity contribution in [2.24, 2.45) is 0 Å². The van der Waals surface area contributed by atoms with Gasteiger partial charge < -0.3 is 9.11 Å². The first kappa shape index (κ1) is 15.7. The molecule has 7 heavy (non-hydrogen) atoms. The molecule has 0 rings (SSSR count). The molecular formula is FeLiO4S+. The Morgan fingerprint density at radius 3 is 1.14 bits per heavy atom. The van der Waals surface area contributed by atoms with Crippen LogP contribution in [0.25, 0.3) is 0 Å². The molecule has 0 fully saturated rings. The molecule has 0 saturated carbocycles. The van der Waals surface area contributed by atoms with E-state index in [1.54, 1.807) is 0 Å². The van der Waals surface area contributed by atoms with Gasteiger partial charge in [0.25, 0.3) is 0 Å². The molecule has 0 atom stereocenters. The van der Waals surface area contributed by atoms with Crippen LogP contribution in [0.3, 0.4) is 0 Å². The SMILES string of the molecule is O=S(=O)([O-])[O-].[Fe+2].[Li+]. The van der Waals surface area contributed by atoms with Crippen LogP contribution in [0.1, 0.15) is 0 Å². The molecule has 7 heteroatoms. The van der Waals surface area contributed by atoms with Gasteiger partial charge in [-0.15, -0.1) is 0 Å². The van der Waals surface area contributed by atoms with Gasteiger partial charge in [0.1, 0.15) is 0 Å². The van der Waals surface area contributed by atoms with Crippen molar-refractivity contribution in [1.29, 1.82) is 0 Å². The maximum atomic E-state index is 8.52. The Kier molecular flexibility index (Phi) is 11.5. The summed E-state index contributed by atoms with van der Waals surface area (Å²) in [5, 5.41) is 0. The summed E-state index contributed by atoms with van der Waals surface area (Å²) in [6, 6.07) is 0. The summed E-state index contributed by atoms with van der Waals surface area (Å²) in [4.78, 5) is 0. The Labute approximate surface area is 63.9 Å². The third-order valence-electron chi connectivity index (χ3n) is 0. The van der Waals surface area contributed by atoms with Gasteiger partial charge in [-0.3, -0.25) is 8.42 Å². The zero-order chi connectivity index (χ0) is 4.50. The smallest absolute Gasteiger partial charge is 0.759 e. The summed E-state index contributed by atoms with van der Waals surface area (Å²) in [6.07, 6.45) is 0. The van der Waals surface area contributed by atoms with Gasteiger partial charge in [-0.25, -0.2) is 0 Å². The van der Waals surface area contributed by atoms with E-state index in [9.17, 15) is 0 Å². The molecule has 0 aromatic carbocycles. The largest absolute Gasteiger partial charge is 2.00 e. The van der Waals surface area contributed by atoms with E-state index in [0.29, 0.717) is 0 Å². The molecule has 0 aliphatic rings. The predicted octanol–water partition coefficient (Wildman–Crippen LogP) is -4.34. The summed E-state index contributed by atoms with van der Waals surface area (Å²) >= 11 is 0. The van der Waals surface area contributed by atoms with E-state index in [2.05, 4.69) is 0 Å². The molecule has 0 aromatic heterocycles. The average molecular weight is 159 g/mol. The molecule has 0 aliphatic heterocycles. The van der Waals surface area contributed by atoms with Crippen molar-refractivity contribution >= 4 is 10.4 Å². The van der Waals surface area contributed by atoms with E-state index in [-0.39, 0.29) is 35.9 Å². The zero-order valence-electron chi connectivity index (χ0n) is 3.39. The van der Waals surface area contributed by atoms with Crippen LogP contribution >= 0.6 is 0 Å².